The third kappa shape index (κ3) is 2.61. The van der Waals surface area contributed by atoms with Crippen LogP contribution in [0.5, 0.6) is 5.75 Å². The van der Waals surface area contributed by atoms with Crippen molar-refractivity contribution in [1.82, 2.24) is 19.8 Å². The van der Waals surface area contributed by atoms with Gasteiger partial charge in [-0.2, -0.15) is 10.1 Å². The normalized spacial score (nSPS) is 19.5. The Hall–Kier alpha value is -1.89. The van der Waals surface area contributed by atoms with Crippen LogP contribution in [0.4, 0.5) is 0 Å². The number of carbonyl (C=O) groups excluding carboxylic acids is 1. The summed E-state index contributed by atoms with van der Waals surface area (Å²) in [5.41, 5.74) is -0.0395. The summed E-state index contributed by atoms with van der Waals surface area (Å²) in [6.45, 7) is 6.56. The van der Waals surface area contributed by atoms with Crippen molar-refractivity contribution in [1.29, 1.82) is 0 Å². The van der Waals surface area contributed by atoms with E-state index in [9.17, 15) is 9.59 Å². The lowest BCUT2D eigenvalue weighted by molar-refractivity contribution is -0.0660. The van der Waals surface area contributed by atoms with Crippen molar-refractivity contribution in [2.24, 2.45) is 5.92 Å². The Morgan fingerprint density at radius 1 is 1.32 bits per heavy atom. The van der Waals surface area contributed by atoms with Gasteiger partial charge in [0.1, 0.15) is 6.67 Å². The van der Waals surface area contributed by atoms with E-state index in [0.29, 0.717) is 25.7 Å². The Bertz CT molecular complexity index is 628. The predicted molar refractivity (Wildman–Crippen MR) is 80.4 cm³/mol. The highest BCUT2D eigenvalue weighted by atomic mass is 16.5. The molecule has 1 unspecified atom stereocenters. The molecular formula is C15H22N4O3. The van der Waals surface area contributed by atoms with E-state index in [2.05, 4.69) is 18.9 Å². The number of carbonyl (C=O) groups is 1. The van der Waals surface area contributed by atoms with Crippen molar-refractivity contribution in [2.75, 3.05) is 19.7 Å². The maximum Gasteiger partial charge on any atom is 0.290 e. The van der Waals surface area contributed by atoms with Crippen molar-refractivity contribution in [3.63, 3.8) is 0 Å². The first-order chi connectivity index (χ1) is 10.6. The van der Waals surface area contributed by atoms with Crippen LogP contribution in [0, 0.1) is 5.92 Å². The van der Waals surface area contributed by atoms with E-state index < -0.39 is 0 Å². The first-order valence-corrected chi connectivity index (χ1v) is 7.91. The number of nitrogens with zero attached hydrogens (tertiary/aromatic N) is 4. The average molecular weight is 306 g/mol. The van der Waals surface area contributed by atoms with E-state index in [0.717, 1.165) is 25.8 Å². The van der Waals surface area contributed by atoms with Crippen molar-refractivity contribution >= 4 is 5.91 Å². The molecule has 3 rings (SSSR count). The van der Waals surface area contributed by atoms with Gasteiger partial charge in [0.2, 0.25) is 5.43 Å². The highest BCUT2D eigenvalue weighted by Crippen LogP contribution is 2.24. The molecule has 0 N–H and O–H groups in total. The van der Waals surface area contributed by atoms with Gasteiger partial charge in [0.25, 0.3) is 5.91 Å². The van der Waals surface area contributed by atoms with Crippen LogP contribution in [-0.2, 0) is 6.67 Å². The quantitative estimate of drug-likeness (QED) is 0.833. The second kappa shape index (κ2) is 6.08. The Morgan fingerprint density at radius 3 is 2.86 bits per heavy atom. The molecular weight excluding hydrogens is 284 g/mol. The molecule has 7 nitrogen and oxygen atoms in total. The van der Waals surface area contributed by atoms with Crippen LogP contribution in [0.1, 0.15) is 43.6 Å². The summed E-state index contributed by atoms with van der Waals surface area (Å²) >= 11 is 0. The largest absolute Gasteiger partial charge is 0.487 e. The lowest BCUT2D eigenvalue weighted by Crippen LogP contribution is -2.56. The van der Waals surface area contributed by atoms with E-state index >= 15 is 0 Å². The molecule has 0 aliphatic carbocycles. The molecule has 2 aliphatic rings. The fourth-order valence-electron chi connectivity index (χ4n) is 2.74. The van der Waals surface area contributed by atoms with E-state index in [1.165, 1.54) is 6.20 Å². The molecule has 7 heteroatoms. The number of aromatic nitrogens is 2. The topological polar surface area (TPSA) is 67.7 Å². The third-order valence-corrected chi connectivity index (χ3v) is 4.33. The van der Waals surface area contributed by atoms with E-state index in [-0.39, 0.29) is 22.8 Å². The predicted octanol–water partition coefficient (Wildman–Crippen LogP) is 1.09. The molecule has 0 spiro atoms. The first-order valence-electron chi connectivity index (χ1n) is 7.91. The van der Waals surface area contributed by atoms with E-state index in [1.807, 2.05) is 5.01 Å². The smallest absolute Gasteiger partial charge is 0.290 e. The number of amides is 1. The minimum absolute atomic E-state index is 0.144. The molecule has 1 atom stereocenters. The van der Waals surface area contributed by atoms with Gasteiger partial charge in [-0.1, -0.05) is 20.3 Å². The molecule has 1 aromatic heterocycles. The molecule has 0 radical (unpaired) electrons. The zero-order valence-electron chi connectivity index (χ0n) is 13.1. The van der Waals surface area contributed by atoms with Gasteiger partial charge in [-0.05, 0) is 18.8 Å². The molecule has 1 fully saturated rings. The maximum atomic E-state index is 12.7. The van der Waals surface area contributed by atoms with Crippen LogP contribution < -0.4 is 10.2 Å². The minimum Gasteiger partial charge on any atom is -0.487 e. The number of ether oxygens (including phenoxy) is 1. The lowest BCUT2D eigenvalue weighted by atomic mass is 10.1. The fraction of sp³-hybridized carbons (Fsp3) is 0.667. The fourth-order valence-corrected chi connectivity index (χ4v) is 2.74. The molecule has 22 heavy (non-hydrogen) atoms. The number of hydrogen-bond donors (Lipinski definition) is 0. The van der Waals surface area contributed by atoms with Gasteiger partial charge in [-0.3, -0.25) is 14.6 Å². The van der Waals surface area contributed by atoms with E-state index in [4.69, 9.17) is 4.74 Å². The van der Waals surface area contributed by atoms with Crippen LogP contribution in [0.3, 0.4) is 0 Å². The number of fused-ring (bicyclic) bond motifs is 2. The van der Waals surface area contributed by atoms with Gasteiger partial charge in [-0.25, -0.2) is 4.68 Å². The van der Waals surface area contributed by atoms with Crippen LogP contribution in [-0.4, -0.2) is 45.4 Å². The standard InChI is InChI=1S/C15H22N4O3/c1-3-11(2)9-22-14-12(20)8-16-18-10-17-6-4-5-7-19(17)15(21)13(14)18/h8,11H,3-7,9-10H2,1-2H3. The van der Waals surface area contributed by atoms with Crippen LogP contribution in [0.2, 0.25) is 0 Å². The highest BCUT2D eigenvalue weighted by Gasteiger charge is 2.36. The van der Waals surface area contributed by atoms with Crippen molar-refractivity contribution in [3.8, 4) is 5.75 Å². The monoisotopic (exact) mass is 306 g/mol. The molecule has 1 amide bonds. The summed E-state index contributed by atoms with van der Waals surface area (Å²) in [6.07, 6.45) is 4.25. The van der Waals surface area contributed by atoms with E-state index in [1.54, 1.807) is 9.69 Å². The van der Waals surface area contributed by atoms with Gasteiger partial charge in [0, 0.05) is 13.1 Å². The molecule has 120 valence electrons. The average Bonchev–Trinajstić information content (AvgIpc) is 2.54. The van der Waals surface area contributed by atoms with Gasteiger partial charge in [0.05, 0.1) is 12.8 Å². The van der Waals surface area contributed by atoms with Gasteiger partial charge < -0.3 is 4.74 Å². The van der Waals surface area contributed by atoms with Crippen molar-refractivity contribution < 1.29 is 9.53 Å². The van der Waals surface area contributed by atoms with Gasteiger partial charge >= 0.3 is 0 Å². The zero-order chi connectivity index (χ0) is 15.7. The SMILES string of the molecule is CCC(C)COc1c2n(ncc1=O)CN1CCCCN1C2=O. The summed E-state index contributed by atoms with van der Waals surface area (Å²) in [5, 5.41) is 7.80. The molecule has 0 aromatic carbocycles. The summed E-state index contributed by atoms with van der Waals surface area (Å²) in [7, 11) is 0. The summed E-state index contributed by atoms with van der Waals surface area (Å²) < 4.78 is 7.28. The maximum absolute atomic E-state index is 12.7. The third-order valence-electron chi connectivity index (χ3n) is 4.33. The van der Waals surface area contributed by atoms with Gasteiger partial charge in [-0.15, -0.1) is 0 Å². The van der Waals surface area contributed by atoms with Crippen LogP contribution in [0.25, 0.3) is 0 Å². The van der Waals surface area contributed by atoms with Crippen molar-refractivity contribution in [2.45, 2.75) is 39.8 Å². The Balaban J connectivity index is 1.95. The Kier molecular flexibility index (Phi) is 4.15. The minimum atomic E-state index is -0.326. The zero-order valence-corrected chi connectivity index (χ0v) is 13.1. The molecule has 0 saturated carbocycles. The molecule has 1 aromatic rings. The lowest BCUT2D eigenvalue weighted by Gasteiger charge is -2.42. The highest BCUT2D eigenvalue weighted by molar-refractivity contribution is 5.95. The second-order valence-corrected chi connectivity index (χ2v) is 6.02. The first kappa shape index (κ1) is 15.0. The summed E-state index contributed by atoms with van der Waals surface area (Å²) in [4.78, 5) is 24.9. The Morgan fingerprint density at radius 2 is 2.09 bits per heavy atom. The summed E-state index contributed by atoms with van der Waals surface area (Å²) in [6, 6.07) is 0. The van der Waals surface area contributed by atoms with Gasteiger partial charge in [0.15, 0.2) is 11.4 Å². The molecule has 2 aliphatic heterocycles. The summed E-state index contributed by atoms with van der Waals surface area (Å²) in [5.74, 6) is 0.291. The molecule has 0 bridgehead atoms. The second-order valence-electron chi connectivity index (χ2n) is 6.02. The molecule has 1 saturated heterocycles. The van der Waals surface area contributed by atoms with Crippen LogP contribution >= 0.6 is 0 Å². The number of rotatable bonds is 4. The molecule has 3 heterocycles. The number of hydrogen-bond acceptors (Lipinski definition) is 5. The van der Waals surface area contributed by atoms with Crippen LogP contribution in [0.15, 0.2) is 11.0 Å². The number of hydrazine groups is 1. The van der Waals surface area contributed by atoms with Crippen molar-refractivity contribution in [3.05, 3.63) is 22.1 Å². The Labute approximate surface area is 129 Å².